The molecule has 8 heteroatoms. The Balaban J connectivity index is 2.58. The fourth-order valence-corrected chi connectivity index (χ4v) is 1.07. The molecule has 16 heavy (non-hydrogen) atoms. The smallest absolute Gasteiger partial charge is 0.275 e. The molecule has 7 nitrogen and oxygen atoms in total. The van der Waals surface area contributed by atoms with E-state index in [1.165, 1.54) is 0 Å². The normalized spacial score (nSPS) is 12.9. The van der Waals surface area contributed by atoms with Gasteiger partial charge in [0, 0.05) is 5.56 Å². The molecule has 0 saturated heterocycles. The van der Waals surface area contributed by atoms with Crippen LogP contribution < -0.4 is 15.9 Å². The third-order valence-electron chi connectivity index (χ3n) is 1.52. The molecule has 86 valence electrons. The van der Waals surface area contributed by atoms with Crippen LogP contribution in [0.5, 0.6) is 0 Å². The molecule has 1 aromatic rings. The molecule has 1 unspecified atom stereocenters. The van der Waals surface area contributed by atoms with Crippen LogP contribution in [0, 0.1) is 0 Å². The summed E-state index contributed by atoms with van der Waals surface area (Å²) in [6.07, 6.45) is 0. The van der Waals surface area contributed by atoms with Gasteiger partial charge in [-0.05, 0) is 12.1 Å². The van der Waals surface area contributed by atoms with Crippen LogP contribution in [-0.4, -0.2) is 20.6 Å². The molecule has 0 aliphatic carbocycles. The van der Waals surface area contributed by atoms with E-state index in [2.05, 4.69) is 10.4 Å². The van der Waals surface area contributed by atoms with Gasteiger partial charge in [-0.25, -0.2) is 4.21 Å². The highest BCUT2D eigenvalue weighted by atomic mass is 32.2. The fourth-order valence-electron chi connectivity index (χ4n) is 0.894. The Morgan fingerprint density at radius 1 is 1.38 bits per heavy atom. The molecular weight excluding hydrogens is 232 g/mol. The number of benzene rings is 1. The van der Waals surface area contributed by atoms with Crippen LogP contribution in [0.2, 0.25) is 0 Å². The Morgan fingerprint density at radius 3 is 2.56 bits per heavy atom. The van der Waals surface area contributed by atoms with Gasteiger partial charge in [0.15, 0.2) is 0 Å². The lowest BCUT2D eigenvalue weighted by Gasteiger charge is -2.03. The molecule has 0 radical (unpaired) electrons. The third-order valence-corrected chi connectivity index (χ3v) is 1.77. The number of hydrazone groups is 1. The second kappa shape index (κ2) is 5.83. The van der Waals surface area contributed by atoms with Crippen molar-refractivity contribution in [2.24, 2.45) is 10.8 Å². The predicted octanol–water partition coefficient (Wildman–Crippen LogP) is -0.628. The van der Waals surface area contributed by atoms with Gasteiger partial charge in [0.25, 0.3) is 17.2 Å². The molecule has 0 saturated carbocycles. The Morgan fingerprint density at radius 2 is 2.00 bits per heavy atom. The van der Waals surface area contributed by atoms with Crippen LogP contribution in [0.1, 0.15) is 10.4 Å². The molecule has 1 amide bonds. The summed E-state index contributed by atoms with van der Waals surface area (Å²) in [6, 6.07) is 8.36. The number of hydrogen-bond donors (Lipinski definition) is 4. The topological polar surface area (TPSA) is 117 Å². The van der Waals surface area contributed by atoms with E-state index >= 15 is 0 Å². The molecule has 0 bridgehead atoms. The lowest BCUT2D eigenvalue weighted by atomic mass is 10.2. The lowest BCUT2D eigenvalue weighted by Crippen LogP contribution is -2.38. The number of carbonyl (C=O) groups is 1. The number of carbonyl (C=O) groups excluding carboxylic acids is 1. The van der Waals surface area contributed by atoms with Gasteiger partial charge in [-0.3, -0.25) is 14.7 Å². The van der Waals surface area contributed by atoms with Crippen molar-refractivity contribution in [3.05, 3.63) is 35.9 Å². The van der Waals surface area contributed by atoms with Gasteiger partial charge in [0.05, 0.1) is 0 Å². The van der Waals surface area contributed by atoms with Crippen LogP contribution in [-0.2, 0) is 11.3 Å². The molecule has 1 aromatic carbocycles. The van der Waals surface area contributed by atoms with Gasteiger partial charge in [0.2, 0.25) is 5.96 Å². The fraction of sp³-hybridized carbons (Fsp3) is 0. The second-order valence-corrected chi connectivity index (χ2v) is 3.34. The second-order valence-electron chi connectivity index (χ2n) is 2.66. The first-order chi connectivity index (χ1) is 7.59. The summed E-state index contributed by atoms with van der Waals surface area (Å²) in [5, 5.41) is 5.48. The monoisotopic (exact) mass is 242 g/mol. The zero-order valence-corrected chi connectivity index (χ0v) is 8.90. The Labute approximate surface area is 94.1 Å². The number of hydrogen-bond acceptors (Lipinski definition) is 3. The van der Waals surface area contributed by atoms with E-state index in [1.54, 1.807) is 35.2 Å². The van der Waals surface area contributed by atoms with Crippen molar-refractivity contribution in [3.8, 4) is 0 Å². The van der Waals surface area contributed by atoms with E-state index < -0.39 is 17.2 Å². The van der Waals surface area contributed by atoms with Crippen LogP contribution in [0.15, 0.2) is 35.4 Å². The number of nitrogens with one attached hydrogen (secondary N) is 2. The van der Waals surface area contributed by atoms with Crippen LogP contribution in [0.25, 0.3) is 0 Å². The lowest BCUT2D eigenvalue weighted by molar-refractivity contribution is 0.0976. The maximum atomic E-state index is 11.5. The maximum absolute atomic E-state index is 11.5. The number of nitrogens with two attached hydrogens (primary N) is 1. The first kappa shape index (κ1) is 12.1. The summed E-state index contributed by atoms with van der Waals surface area (Å²) in [7, 11) is 0. The highest BCUT2D eigenvalue weighted by Crippen LogP contribution is 1.96. The highest BCUT2D eigenvalue weighted by Gasteiger charge is 2.05. The summed E-state index contributed by atoms with van der Waals surface area (Å²) in [4.78, 5) is 13.2. The Hall–Kier alpha value is -1.93. The standard InChI is InChI=1S/C8H10N4O3S/c9-8(11-12-16(14)15)10-7(13)6-4-2-1-3-5-6/h1-5,12H,(H,14,15)(H3,9,10,11,13). The predicted molar refractivity (Wildman–Crippen MR) is 59.4 cm³/mol. The first-order valence-corrected chi connectivity index (χ1v) is 5.26. The number of nitrogens with zero attached hydrogens (tertiary/aromatic N) is 1. The van der Waals surface area contributed by atoms with Crippen molar-refractivity contribution in [2.45, 2.75) is 0 Å². The molecule has 5 N–H and O–H groups in total. The van der Waals surface area contributed by atoms with Crippen LogP contribution in [0.4, 0.5) is 0 Å². The highest BCUT2D eigenvalue weighted by molar-refractivity contribution is 7.77. The maximum Gasteiger partial charge on any atom is 0.275 e. The van der Waals surface area contributed by atoms with E-state index in [4.69, 9.17) is 10.3 Å². The third kappa shape index (κ3) is 4.07. The molecule has 0 aromatic heterocycles. The summed E-state index contributed by atoms with van der Waals surface area (Å²) in [6.45, 7) is 0. The summed E-state index contributed by atoms with van der Waals surface area (Å²) >= 11 is -2.31. The molecule has 0 aliphatic rings. The van der Waals surface area contributed by atoms with Crippen molar-refractivity contribution >= 4 is 23.1 Å². The van der Waals surface area contributed by atoms with E-state index in [-0.39, 0.29) is 5.96 Å². The van der Waals surface area contributed by atoms with Gasteiger partial charge in [-0.15, -0.1) is 5.10 Å². The Bertz CT molecular complexity index is 421. The van der Waals surface area contributed by atoms with Gasteiger partial charge in [0.1, 0.15) is 0 Å². The van der Waals surface area contributed by atoms with Crippen molar-refractivity contribution in [3.63, 3.8) is 0 Å². The van der Waals surface area contributed by atoms with E-state index in [0.29, 0.717) is 5.56 Å². The van der Waals surface area contributed by atoms with E-state index in [1.807, 2.05) is 0 Å². The average Bonchev–Trinajstić information content (AvgIpc) is 2.27. The number of amides is 1. The number of guanidine groups is 1. The minimum absolute atomic E-state index is 0.295. The van der Waals surface area contributed by atoms with Crippen LogP contribution in [0.3, 0.4) is 0 Å². The van der Waals surface area contributed by atoms with Gasteiger partial charge < -0.3 is 5.73 Å². The first-order valence-electron chi connectivity index (χ1n) is 4.15. The van der Waals surface area contributed by atoms with E-state index in [9.17, 15) is 9.00 Å². The zero-order valence-electron chi connectivity index (χ0n) is 8.08. The summed E-state index contributed by atoms with van der Waals surface area (Å²) in [5.41, 5.74) is 5.68. The zero-order chi connectivity index (χ0) is 12.0. The van der Waals surface area contributed by atoms with Gasteiger partial charge in [-0.2, -0.15) is 4.83 Å². The van der Waals surface area contributed by atoms with E-state index in [0.717, 1.165) is 0 Å². The van der Waals surface area contributed by atoms with Crippen molar-refractivity contribution in [1.82, 2.24) is 10.1 Å². The minimum atomic E-state index is -2.31. The minimum Gasteiger partial charge on any atom is -0.368 e. The molecule has 0 fully saturated rings. The van der Waals surface area contributed by atoms with Gasteiger partial charge >= 0.3 is 0 Å². The average molecular weight is 242 g/mol. The Kier molecular flexibility index (Phi) is 4.42. The van der Waals surface area contributed by atoms with Crippen molar-refractivity contribution in [2.75, 3.05) is 0 Å². The van der Waals surface area contributed by atoms with Crippen LogP contribution >= 0.6 is 0 Å². The molecule has 0 heterocycles. The molecule has 0 aliphatic heterocycles. The quantitative estimate of drug-likeness (QED) is 0.244. The number of rotatable bonds is 3. The van der Waals surface area contributed by atoms with Gasteiger partial charge in [-0.1, -0.05) is 18.2 Å². The molecular formula is C8H10N4O3S. The molecule has 0 spiro atoms. The SMILES string of the molecule is NC(=NNS(=O)O)NC(=O)c1ccccc1. The van der Waals surface area contributed by atoms with Crippen molar-refractivity contribution in [1.29, 1.82) is 0 Å². The largest absolute Gasteiger partial charge is 0.368 e. The molecule has 1 rings (SSSR count). The van der Waals surface area contributed by atoms with Crippen molar-refractivity contribution < 1.29 is 13.6 Å². The summed E-state index contributed by atoms with van der Waals surface area (Å²) in [5.74, 6) is -0.747. The molecule has 1 atom stereocenters. The summed E-state index contributed by atoms with van der Waals surface area (Å²) < 4.78 is 18.5.